The highest BCUT2D eigenvalue weighted by Gasteiger charge is 2.88. The number of Topliss-reactive ketones (excluding diaryl/α,β-unsaturated/α-hetero) is 1. The number of aliphatic hydroxyl groups is 2. The molecule has 1 aliphatic heterocycles. The van der Waals surface area contributed by atoms with Crippen LogP contribution in [0.25, 0.3) is 0 Å². The summed E-state index contributed by atoms with van der Waals surface area (Å²) in [5.41, 5.74) is -0.303. The molecule has 0 amide bonds. The summed E-state index contributed by atoms with van der Waals surface area (Å²) in [7, 11) is 0. The predicted octanol–water partition coefficient (Wildman–Crippen LogP) is 2.01. The molecule has 6 fully saturated rings. The number of rotatable bonds is 1. The Balaban J connectivity index is 1.64. The third-order valence-corrected chi connectivity index (χ3v) is 10.7. The molecule has 1 saturated heterocycles. The standard InChI is InChI=1S/C22H31NO4/c1-4-23(27)10-20(3)6-5-17(25)22-15(20)7-13(18(22)23)21-9-12(11(2)19(21)26)14(24)8-16(21)22/h12-13,15-19,25-26H,2,4-10H2,1,3H3/t12?,13?,15-,16?,17+,18?,19-,20+,21-,22-,23?/m1/s1. The molecule has 5 nitrogen and oxygen atoms in total. The number of nitrogens with zero attached hydrogens (tertiary/aromatic N) is 1. The molecule has 2 spiro atoms. The first kappa shape index (κ1) is 17.1. The molecule has 5 unspecified atom stereocenters. The lowest BCUT2D eigenvalue weighted by Crippen LogP contribution is -2.73. The van der Waals surface area contributed by atoms with E-state index in [9.17, 15) is 20.2 Å². The van der Waals surface area contributed by atoms with E-state index in [2.05, 4.69) is 13.5 Å². The zero-order valence-electron chi connectivity index (χ0n) is 16.4. The zero-order valence-corrected chi connectivity index (χ0v) is 16.4. The highest BCUT2D eigenvalue weighted by molar-refractivity contribution is 5.87. The van der Waals surface area contributed by atoms with Gasteiger partial charge >= 0.3 is 0 Å². The molecule has 0 aromatic rings. The van der Waals surface area contributed by atoms with Gasteiger partial charge in [0.25, 0.3) is 0 Å². The van der Waals surface area contributed by atoms with Crippen molar-refractivity contribution in [1.29, 1.82) is 0 Å². The summed E-state index contributed by atoms with van der Waals surface area (Å²) in [5, 5.41) is 37.0. The van der Waals surface area contributed by atoms with Crippen LogP contribution >= 0.6 is 0 Å². The maximum Gasteiger partial charge on any atom is 0.140 e. The number of quaternary nitrogens is 1. The van der Waals surface area contributed by atoms with Crippen LogP contribution in [0.4, 0.5) is 0 Å². The number of hydrogen-bond donors (Lipinski definition) is 2. The Labute approximate surface area is 160 Å². The van der Waals surface area contributed by atoms with Crippen LogP contribution in [0, 0.1) is 45.1 Å². The van der Waals surface area contributed by atoms with Gasteiger partial charge in [-0.15, -0.1) is 0 Å². The van der Waals surface area contributed by atoms with Gasteiger partial charge in [-0.1, -0.05) is 13.5 Å². The molecule has 5 saturated carbocycles. The summed E-state index contributed by atoms with van der Waals surface area (Å²) in [5.74, 6) is 0.275. The third-order valence-electron chi connectivity index (χ3n) is 10.7. The minimum absolute atomic E-state index is 0.0651. The normalized spacial score (nSPS) is 65.6. The second-order valence-electron chi connectivity index (χ2n) is 11.0. The van der Waals surface area contributed by atoms with Crippen LogP contribution in [0.5, 0.6) is 0 Å². The van der Waals surface area contributed by atoms with Crippen molar-refractivity contribution < 1.29 is 19.7 Å². The zero-order chi connectivity index (χ0) is 19.1. The summed E-state index contributed by atoms with van der Waals surface area (Å²) in [6.45, 7) is 9.47. The minimum Gasteiger partial charge on any atom is -0.633 e. The molecule has 0 aromatic heterocycles. The predicted molar refractivity (Wildman–Crippen MR) is 99.0 cm³/mol. The summed E-state index contributed by atoms with van der Waals surface area (Å²) in [6.07, 6.45) is 2.40. The summed E-state index contributed by atoms with van der Waals surface area (Å²) in [4.78, 5) is 13.0. The van der Waals surface area contributed by atoms with Crippen LogP contribution in [-0.4, -0.2) is 52.0 Å². The van der Waals surface area contributed by atoms with Gasteiger partial charge < -0.3 is 20.1 Å². The van der Waals surface area contributed by atoms with Crippen LogP contribution in [0.3, 0.4) is 0 Å². The fraction of sp³-hybridized carbons (Fsp3) is 0.864. The molecule has 27 heavy (non-hydrogen) atoms. The van der Waals surface area contributed by atoms with Crippen molar-refractivity contribution in [3.8, 4) is 0 Å². The molecular formula is C22H31NO4. The molecule has 6 rings (SSSR count). The van der Waals surface area contributed by atoms with E-state index in [1.807, 2.05) is 6.92 Å². The van der Waals surface area contributed by atoms with E-state index >= 15 is 0 Å². The molecule has 5 heteroatoms. The fourth-order valence-electron chi connectivity index (χ4n) is 10.1. The van der Waals surface area contributed by atoms with Crippen LogP contribution in [0.2, 0.25) is 0 Å². The average Bonchev–Trinajstić information content (AvgIpc) is 3.17. The van der Waals surface area contributed by atoms with Gasteiger partial charge in [0.15, 0.2) is 0 Å². The Bertz CT molecular complexity index is 782. The number of likely N-dealkylation sites (tertiary alicyclic amines) is 1. The molecule has 7 bridgehead atoms. The van der Waals surface area contributed by atoms with Crippen molar-refractivity contribution in [3.05, 3.63) is 17.4 Å². The molecule has 5 aliphatic carbocycles. The first-order chi connectivity index (χ1) is 12.7. The molecule has 0 aromatic carbocycles. The van der Waals surface area contributed by atoms with E-state index in [4.69, 9.17) is 0 Å². The van der Waals surface area contributed by atoms with Crippen LogP contribution < -0.4 is 0 Å². The van der Waals surface area contributed by atoms with Crippen molar-refractivity contribution >= 4 is 5.78 Å². The van der Waals surface area contributed by atoms with E-state index < -0.39 is 23.0 Å². The Hall–Kier alpha value is -0.750. The molecule has 2 N–H and O–H groups in total. The van der Waals surface area contributed by atoms with Crippen LogP contribution in [-0.2, 0) is 4.79 Å². The molecule has 1 heterocycles. The Kier molecular flexibility index (Phi) is 2.88. The third kappa shape index (κ3) is 1.44. The summed E-state index contributed by atoms with van der Waals surface area (Å²) < 4.78 is -0.245. The maximum atomic E-state index is 14.2. The van der Waals surface area contributed by atoms with Gasteiger partial charge in [-0.3, -0.25) is 4.79 Å². The highest BCUT2D eigenvalue weighted by atomic mass is 16.5. The number of carbonyl (C=O) groups excluding carboxylic acids is 1. The Morgan fingerprint density at radius 3 is 2.78 bits per heavy atom. The first-order valence-electron chi connectivity index (χ1n) is 10.8. The lowest BCUT2D eigenvalue weighted by molar-refractivity contribution is -0.927. The average molecular weight is 373 g/mol. The SMILES string of the molecule is C=C1C2C[C@]3(C4C[C@@H]5[C@@]6(C)CC[C@H](O)[C@@]5(C3CC2=O)C4[N+]([O-])(CC)C6)[C@@H]1O. The van der Waals surface area contributed by atoms with Gasteiger partial charge in [-0.05, 0) is 50.0 Å². The lowest BCUT2D eigenvalue weighted by atomic mass is 9.43. The molecule has 11 atom stereocenters. The quantitative estimate of drug-likeness (QED) is 0.419. The lowest BCUT2D eigenvalue weighted by Gasteiger charge is -2.68. The maximum absolute atomic E-state index is 14.2. The minimum atomic E-state index is -0.699. The van der Waals surface area contributed by atoms with Gasteiger partial charge in [0, 0.05) is 29.1 Å². The van der Waals surface area contributed by atoms with Crippen molar-refractivity contribution in [2.24, 2.45) is 39.9 Å². The van der Waals surface area contributed by atoms with Gasteiger partial charge in [0.1, 0.15) is 11.8 Å². The second-order valence-corrected chi connectivity index (χ2v) is 11.0. The fourth-order valence-corrected chi connectivity index (χ4v) is 10.1. The molecular weight excluding hydrogens is 342 g/mol. The van der Waals surface area contributed by atoms with E-state index in [0.29, 0.717) is 37.4 Å². The van der Waals surface area contributed by atoms with E-state index in [1.54, 1.807) is 0 Å². The van der Waals surface area contributed by atoms with Gasteiger partial charge in [0.2, 0.25) is 0 Å². The van der Waals surface area contributed by atoms with Crippen molar-refractivity contribution in [3.63, 3.8) is 0 Å². The largest absolute Gasteiger partial charge is 0.633 e. The van der Waals surface area contributed by atoms with Crippen molar-refractivity contribution in [2.45, 2.75) is 64.2 Å². The number of ketones is 1. The number of carbonyl (C=O) groups is 1. The summed E-state index contributed by atoms with van der Waals surface area (Å²) >= 11 is 0. The second kappa shape index (κ2) is 4.53. The van der Waals surface area contributed by atoms with E-state index in [-0.39, 0.29) is 39.6 Å². The van der Waals surface area contributed by atoms with Crippen LogP contribution in [0.1, 0.15) is 46.0 Å². The molecule has 6 aliphatic rings. The van der Waals surface area contributed by atoms with E-state index in [1.165, 1.54) is 0 Å². The van der Waals surface area contributed by atoms with Gasteiger partial charge in [-0.25, -0.2) is 0 Å². The molecule has 0 radical (unpaired) electrons. The summed E-state index contributed by atoms with van der Waals surface area (Å²) in [6, 6.07) is -0.173. The first-order valence-corrected chi connectivity index (χ1v) is 10.8. The number of aliphatic hydroxyl groups excluding tert-OH is 2. The van der Waals surface area contributed by atoms with Gasteiger partial charge in [-0.2, -0.15) is 0 Å². The monoisotopic (exact) mass is 373 g/mol. The Morgan fingerprint density at radius 1 is 1.33 bits per heavy atom. The van der Waals surface area contributed by atoms with Gasteiger partial charge in [0.05, 0.1) is 30.7 Å². The number of hydrogen-bond acceptors (Lipinski definition) is 4. The van der Waals surface area contributed by atoms with E-state index in [0.717, 1.165) is 19.3 Å². The smallest absolute Gasteiger partial charge is 0.140 e. The Morgan fingerprint density at radius 2 is 2.07 bits per heavy atom. The van der Waals surface area contributed by atoms with Crippen molar-refractivity contribution in [1.82, 2.24) is 0 Å². The molecule has 148 valence electrons. The highest BCUT2D eigenvalue weighted by Crippen LogP contribution is 2.84. The number of fused-ring (bicyclic) bond motifs is 1. The topological polar surface area (TPSA) is 80.6 Å². The number of piperidine rings is 1. The number of hydroxylamine groups is 3. The van der Waals surface area contributed by atoms with Crippen molar-refractivity contribution in [2.75, 3.05) is 13.1 Å². The van der Waals surface area contributed by atoms with Crippen LogP contribution in [0.15, 0.2) is 12.2 Å².